The summed E-state index contributed by atoms with van der Waals surface area (Å²) < 4.78 is 7.14. The second-order valence-corrected chi connectivity index (χ2v) is 6.14. The van der Waals surface area contributed by atoms with Crippen molar-refractivity contribution in [3.63, 3.8) is 0 Å². The van der Waals surface area contributed by atoms with E-state index < -0.39 is 0 Å². The molecule has 0 saturated heterocycles. The molecule has 6 nitrogen and oxygen atoms in total. The lowest BCUT2D eigenvalue weighted by atomic mass is 10.1. The van der Waals surface area contributed by atoms with E-state index in [-0.39, 0.29) is 18.2 Å². The summed E-state index contributed by atoms with van der Waals surface area (Å²) in [4.78, 5) is 11.9. The highest BCUT2D eigenvalue weighted by Gasteiger charge is 2.25. The van der Waals surface area contributed by atoms with Gasteiger partial charge in [-0.1, -0.05) is 12.1 Å². The Hall–Kier alpha value is -2.34. The number of hydrogen-bond acceptors (Lipinski definition) is 3. The van der Waals surface area contributed by atoms with Gasteiger partial charge in [0, 0.05) is 32.1 Å². The second kappa shape index (κ2) is 7.97. The van der Waals surface area contributed by atoms with Crippen LogP contribution in [-0.4, -0.2) is 41.6 Å². The molecule has 2 amide bonds. The largest absolute Gasteiger partial charge is 0.381 e. The molecule has 0 radical (unpaired) electrons. The van der Waals surface area contributed by atoms with E-state index in [9.17, 15) is 4.79 Å². The molecule has 2 unspecified atom stereocenters. The Bertz CT molecular complexity index is 640. The van der Waals surface area contributed by atoms with Gasteiger partial charge in [0.05, 0.1) is 11.8 Å². The van der Waals surface area contributed by atoms with Crippen LogP contribution < -0.4 is 10.6 Å². The van der Waals surface area contributed by atoms with Gasteiger partial charge in [0.15, 0.2) is 0 Å². The van der Waals surface area contributed by atoms with Gasteiger partial charge in [0.2, 0.25) is 0 Å². The van der Waals surface area contributed by atoms with Crippen LogP contribution in [0.3, 0.4) is 0 Å². The van der Waals surface area contributed by atoms with Crippen molar-refractivity contribution in [3.05, 3.63) is 48.3 Å². The van der Waals surface area contributed by atoms with Crippen LogP contribution in [0.1, 0.15) is 24.8 Å². The highest BCUT2D eigenvalue weighted by molar-refractivity contribution is 5.74. The molecule has 2 N–H and O–H groups in total. The fourth-order valence-electron chi connectivity index (χ4n) is 3.08. The molecule has 1 aromatic heterocycles. The van der Waals surface area contributed by atoms with Crippen molar-refractivity contribution < 1.29 is 9.53 Å². The number of amides is 2. The number of carbonyl (C=O) groups excluding carboxylic acids is 1. The van der Waals surface area contributed by atoms with Gasteiger partial charge in [0.25, 0.3) is 0 Å². The van der Waals surface area contributed by atoms with Crippen molar-refractivity contribution in [3.8, 4) is 5.69 Å². The van der Waals surface area contributed by atoms with Crippen molar-refractivity contribution in [1.29, 1.82) is 0 Å². The Labute approximate surface area is 142 Å². The molecule has 1 aliphatic carbocycles. The number of benzene rings is 1. The molecule has 128 valence electrons. The zero-order valence-corrected chi connectivity index (χ0v) is 13.9. The number of methoxy groups -OCH3 is 1. The first kappa shape index (κ1) is 16.5. The summed E-state index contributed by atoms with van der Waals surface area (Å²) in [5.74, 6) is 0. The predicted octanol–water partition coefficient (Wildman–Crippen LogP) is 2.28. The summed E-state index contributed by atoms with van der Waals surface area (Å²) in [5, 5.41) is 10.1. The van der Waals surface area contributed by atoms with E-state index in [4.69, 9.17) is 4.74 Å². The molecule has 3 rings (SSSR count). The summed E-state index contributed by atoms with van der Waals surface area (Å²) in [7, 11) is 1.73. The van der Waals surface area contributed by atoms with Crippen molar-refractivity contribution in [2.45, 2.75) is 37.8 Å². The molecule has 24 heavy (non-hydrogen) atoms. The first-order valence-electron chi connectivity index (χ1n) is 8.40. The van der Waals surface area contributed by atoms with Crippen molar-refractivity contribution in [2.75, 3.05) is 13.7 Å². The maximum Gasteiger partial charge on any atom is 0.315 e. The molecule has 1 saturated carbocycles. The Balaban J connectivity index is 1.39. The van der Waals surface area contributed by atoms with Crippen LogP contribution in [0.2, 0.25) is 0 Å². The lowest BCUT2D eigenvalue weighted by molar-refractivity contribution is 0.107. The fourth-order valence-corrected chi connectivity index (χ4v) is 3.08. The third-order valence-corrected chi connectivity index (χ3v) is 4.46. The molecule has 0 spiro atoms. The van der Waals surface area contributed by atoms with Gasteiger partial charge in [-0.15, -0.1) is 0 Å². The maximum absolute atomic E-state index is 11.9. The van der Waals surface area contributed by atoms with E-state index in [1.165, 1.54) is 5.56 Å². The Morgan fingerprint density at radius 1 is 1.33 bits per heavy atom. The molecule has 2 atom stereocenters. The maximum atomic E-state index is 11.9. The standard InChI is InChI=1S/C18H24N4O2/c1-24-17-8-5-15(13-17)21-18(23)19-11-9-14-3-6-16(7-4-14)22-12-2-10-20-22/h2-4,6-7,10,12,15,17H,5,8-9,11,13H2,1H3,(H2,19,21,23). The van der Waals surface area contributed by atoms with Gasteiger partial charge in [0.1, 0.15) is 0 Å². The second-order valence-electron chi connectivity index (χ2n) is 6.14. The van der Waals surface area contributed by atoms with E-state index in [0.29, 0.717) is 6.54 Å². The first-order chi connectivity index (χ1) is 11.7. The summed E-state index contributed by atoms with van der Waals surface area (Å²) in [6, 6.07) is 10.2. The minimum atomic E-state index is -0.0927. The average molecular weight is 328 g/mol. The zero-order valence-electron chi connectivity index (χ0n) is 13.9. The number of nitrogens with one attached hydrogen (secondary N) is 2. The monoisotopic (exact) mass is 328 g/mol. The first-order valence-corrected chi connectivity index (χ1v) is 8.40. The van der Waals surface area contributed by atoms with Crippen LogP contribution >= 0.6 is 0 Å². The van der Waals surface area contributed by atoms with Crippen molar-refractivity contribution in [2.24, 2.45) is 0 Å². The van der Waals surface area contributed by atoms with Crippen molar-refractivity contribution in [1.82, 2.24) is 20.4 Å². The summed E-state index contributed by atoms with van der Waals surface area (Å²) >= 11 is 0. The number of aromatic nitrogens is 2. The lowest BCUT2D eigenvalue weighted by Gasteiger charge is -2.14. The van der Waals surface area contributed by atoms with Gasteiger partial charge in [-0.05, 0) is 49.4 Å². The molecule has 0 bridgehead atoms. The van der Waals surface area contributed by atoms with Gasteiger partial charge in [-0.25, -0.2) is 9.48 Å². The Kier molecular flexibility index (Phi) is 5.48. The molecule has 1 fully saturated rings. The predicted molar refractivity (Wildman–Crippen MR) is 92.2 cm³/mol. The van der Waals surface area contributed by atoms with Crippen LogP contribution in [0.15, 0.2) is 42.7 Å². The number of urea groups is 1. The zero-order chi connectivity index (χ0) is 16.8. The molecule has 1 aliphatic rings. The molecule has 6 heteroatoms. The van der Waals surface area contributed by atoms with E-state index in [2.05, 4.69) is 27.9 Å². The molecule has 2 aromatic rings. The minimum absolute atomic E-state index is 0.0927. The third kappa shape index (κ3) is 4.35. The van der Waals surface area contributed by atoms with Crippen LogP contribution in [0.25, 0.3) is 5.69 Å². The molecule has 1 aromatic carbocycles. The lowest BCUT2D eigenvalue weighted by Crippen LogP contribution is -2.41. The summed E-state index contributed by atoms with van der Waals surface area (Å²) in [6.45, 7) is 0.618. The number of carbonyl (C=O) groups is 1. The molecular weight excluding hydrogens is 304 g/mol. The molecule has 0 aliphatic heterocycles. The SMILES string of the molecule is COC1CCC(NC(=O)NCCc2ccc(-n3cccn3)cc2)C1. The topological polar surface area (TPSA) is 68.2 Å². The van der Waals surface area contributed by atoms with Gasteiger partial charge >= 0.3 is 6.03 Å². The Morgan fingerprint density at radius 2 is 2.17 bits per heavy atom. The summed E-state index contributed by atoms with van der Waals surface area (Å²) in [6.07, 6.45) is 7.67. The quantitative estimate of drug-likeness (QED) is 0.855. The number of nitrogens with zero attached hydrogens (tertiary/aromatic N) is 2. The highest BCUT2D eigenvalue weighted by atomic mass is 16.5. The van der Waals surface area contributed by atoms with Crippen molar-refractivity contribution >= 4 is 6.03 Å². The smallest absolute Gasteiger partial charge is 0.315 e. The van der Waals surface area contributed by atoms with Crippen LogP contribution in [-0.2, 0) is 11.2 Å². The highest BCUT2D eigenvalue weighted by Crippen LogP contribution is 2.21. The van der Waals surface area contributed by atoms with E-state index in [1.807, 2.05) is 29.1 Å². The Morgan fingerprint density at radius 3 is 2.83 bits per heavy atom. The van der Waals surface area contributed by atoms with Crippen LogP contribution in [0.4, 0.5) is 4.79 Å². The van der Waals surface area contributed by atoms with Crippen LogP contribution in [0, 0.1) is 0 Å². The normalized spacial score (nSPS) is 20.0. The van der Waals surface area contributed by atoms with Gasteiger partial charge < -0.3 is 15.4 Å². The number of rotatable bonds is 6. The van der Waals surface area contributed by atoms with Gasteiger partial charge in [-0.2, -0.15) is 5.10 Å². The minimum Gasteiger partial charge on any atom is -0.381 e. The van der Waals surface area contributed by atoms with Crippen LogP contribution in [0.5, 0.6) is 0 Å². The van der Waals surface area contributed by atoms with E-state index >= 15 is 0 Å². The average Bonchev–Trinajstić information content (AvgIpc) is 3.27. The van der Waals surface area contributed by atoms with E-state index in [1.54, 1.807) is 13.3 Å². The fraction of sp³-hybridized carbons (Fsp3) is 0.444. The number of hydrogen-bond donors (Lipinski definition) is 2. The summed E-state index contributed by atoms with van der Waals surface area (Å²) in [5.41, 5.74) is 2.22. The molecular formula is C18H24N4O2. The molecule has 1 heterocycles. The van der Waals surface area contributed by atoms with Gasteiger partial charge in [-0.3, -0.25) is 0 Å². The van der Waals surface area contributed by atoms with E-state index in [0.717, 1.165) is 31.4 Å². The third-order valence-electron chi connectivity index (χ3n) is 4.46. The number of ether oxygens (including phenoxy) is 1.